The van der Waals surface area contributed by atoms with Crippen LogP contribution in [0.4, 0.5) is 0 Å². The molecule has 19 heteroatoms. The predicted octanol–water partition coefficient (Wildman–Crippen LogP) is 22.0. The van der Waals surface area contributed by atoms with E-state index in [0.717, 1.165) is 114 Å². The van der Waals surface area contributed by atoms with Crippen molar-refractivity contribution in [3.63, 3.8) is 0 Å². The van der Waals surface area contributed by atoms with Crippen molar-refractivity contribution >= 4 is 39.5 Å². The molecule has 0 fully saturated rings. The first-order valence-electron chi connectivity index (χ1n) is 39.2. The van der Waals surface area contributed by atoms with Gasteiger partial charge in [-0.3, -0.25) is 37.3 Å². The molecule has 6 atom stereocenters. The summed E-state index contributed by atoms with van der Waals surface area (Å²) in [6.45, 7) is 14.2. The Bertz CT molecular complexity index is 1870. The zero-order valence-corrected chi connectivity index (χ0v) is 64.1. The first-order valence-corrected chi connectivity index (χ1v) is 42.2. The highest BCUT2D eigenvalue weighted by Crippen LogP contribution is 2.45. The highest BCUT2D eigenvalue weighted by molar-refractivity contribution is 7.47. The summed E-state index contributed by atoms with van der Waals surface area (Å²) in [5.41, 5.74) is 0. The van der Waals surface area contributed by atoms with E-state index in [1.54, 1.807) is 0 Å². The van der Waals surface area contributed by atoms with E-state index >= 15 is 0 Å². The number of rotatable bonds is 73. The number of carbonyl (C=O) groups is 4. The molecule has 95 heavy (non-hydrogen) atoms. The van der Waals surface area contributed by atoms with Crippen molar-refractivity contribution in [3.8, 4) is 0 Å². The first-order chi connectivity index (χ1) is 45.6. The van der Waals surface area contributed by atoms with Crippen molar-refractivity contribution in [2.45, 2.75) is 401 Å². The van der Waals surface area contributed by atoms with E-state index in [1.807, 2.05) is 0 Å². The van der Waals surface area contributed by atoms with E-state index < -0.39 is 97.5 Å². The highest BCUT2D eigenvalue weighted by Gasteiger charge is 2.30. The van der Waals surface area contributed by atoms with Gasteiger partial charge in [0.2, 0.25) is 0 Å². The van der Waals surface area contributed by atoms with Crippen LogP contribution >= 0.6 is 15.6 Å². The van der Waals surface area contributed by atoms with Gasteiger partial charge in [-0.1, -0.05) is 331 Å². The van der Waals surface area contributed by atoms with Crippen LogP contribution in [0, 0.1) is 23.7 Å². The SMILES string of the molecule is CCC(C)CCCCCCCCCCCCCCCCC(=O)OC[C@H](COP(=O)(O)OC[C@@H](O)COP(=O)(O)OC[C@@H](COC(=O)CCCCCCCCC(C)C)OC(=O)CCCCCCCCCCCCCC(C)C)OC(=O)CCCCCCCCCCCCCC(C)C. The molecule has 0 amide bonds. The van der Waals surface area contributed by atoms with Crippen molar-refractivity contribution in [1.29, 1.82) is 0 Å². The molecule has 0 rings (SSSR count). The molecule has 564 valence electrons. The third-order valence-corrected chi connectivity index (χ3v) is 19.8. The summed E-state index contributed by atoms with van der Waals surface area (Å²) in [6, 6.07) is 0. The van der Waals surface area contributed by atoms with Crippen LogP contribution in [0.2, 0.25) is 0 Å². The Kier molecular flexibility index (Phi) is 64.0. The van der Waals surface area contributed by atoms with Gasteiger partial charge in [-0.2, -0.15) is 0 Å². The number of hydrogen-bond acceptors (Lipinski definition) is 15. The van der Waals surface area contributed by atoms with Gasteiger partial charge in [0.05, 0.1) is 26.4 Å². The maximum absolute atomic E-state index is 13.1. The predicted molar refractivity (Wildman–Crippen MR) is 386 cm³/mol. The minimum atomic E-state index is -4.96. The fraction of sp³-hybridized carbons (Fsp3) is 0.947. The Morgan fingerprint density at radius 1 is 0.295 bits per heavy atom. The Balaban J connectivity index is 5.23. The summed E-state index contributed by atoms with van der Waals surface area (Å²) < 4.78 is 68.5. The van der Waals surface area contributed by atoms with E-state index in [-0.39, 0.29) is 25.7 Å². The number of esters is 4. The lowest BCUT2D eigenvalue weighted by Crippen LogP contribution is -2.30. The quantitative estimate of drug-likeness (QED) is 0.0222. The number of aliphatic hydroxyl groups excluding tert-OH is 1. The minimum Gasteiger partial charge on any atom is -0.462 e. The summed E-state index contributed by atoms with van der Waals surface area (Å²) in [5.74, 6) is 0.938. The molecule has 0 bridgehead atoms. The Morgan fingerprint density at radius 3 is 0.747 bits per heavy atom. The van der Waals surface area contributed by atoms with E-state index in [4.69, 9.17) is 37.0 Å². The molecule has 0 aliphatic carbocycles. The van der Waals surface area contributed by atoms with Crippen LogP contribution in [0.1, 0.15) is 383 Å². The zero-order valence-electron chi connectivity index (χ0n) is 62.3. The molecule has 0 radical (unpaired) electrons. The largest absolute Gasteiger partial charge is 0.472 e. The average Bonchev–Trinajstić information content (AvgIpc) is 1.20. The summed E-state index contributed by atoms with van der Waals surface area (Å²) in [4.78, 5) is 72.8. The lowest BCUT2D eigenvalue weighted by atomic mass is 9.99. The molecule has 17 nitrogen and oxygen atoms in total. The summed E-state index contributed by atoms with van der Waals surface area (Å²) in [6.07, 6.45) is 50.0. The third-order valence-electron chi connectivity index (χ3n) is 17.9. The van der Waals surface area contributed by atoms with Crippen LogP contribution in [0.5, 0.6) is 0 Å². The number of ether oxygens (including phenoxy) is 4. The summed E-state index contributed by atoms with van der Waals surface area (Å²) >= 11 is 0. The number of carbonyl (C=O) groups excluding carboxylic acids is 4. The Hall–Kier alpha value is -1.94. The number of hydrogen-bond donors (Lipinski definition) is 3. The van der Waals surface area contributed by atoms with Gasteiger partial charge < -0.3 is 33.8 Å². The molecular weight excluding hydrogens is 1250 g/mol. The van der Waals surface area contributed by atoms with Gasteiger partial charge in [0.15, 0.2) is 12.2 Å². The second-order valence-electron chi connectivity index (χ2n) is 29.1. The monoisotopic (exact) mass is 1400 g/mol. The van der Waals surface area contributed by atoms with Crippen molar-refractivity contribution in [2.75, 3.05) is 39.6 Å². The zero-order chi connectivity index (χ0) is 70.3. The van der Waals surface area contributed by atoms with Gasteiger partial charge in [0, 0.05) is 25.7 Å². The van der Waals surface area contributed by atoms with Crippen LogP contribution in [0.3, 0.4) is 0 Å². The normalized spacial score (nSPS) is 14.4. The van der Waals surface area contributed by atoms with Gasteiger partial charge in [0.1, 0.15) is 19.3 Å². The van der Waals surface area contributed by atoms with Crippen LogP contribution in [-0.4, -0.2) is 96.7 Å². The highest BCUT2D eigenvalue weighted by atomic mass is 31.2. The molecule has 0 aliphatic heterocycles. The number of phosphoric acid groups is 2. The van der Waals surface area contributed by atoms with Crippen molar-refractivity contribution < 1.29 is 80.2 Å². The van der Waals surface area contributed by atoms with Crippen molar-refractivity contribution in [3.05, 3.63) is 0 Å². The Morgan fingerprint density at radius 2 is 0.505 bits per heavy atom. The number of aliphatic hydroxyl groups is 1. The van der Waals surface area contributed by atoms with Crippen LogP contribution in [0.25, 0.3) is 0 Å². The van der Waals surface area contributed by atoms with E-state index in [2.05, 4.69) is 55.4 Å². The van der Waals surface area contributed by atoms with Gasteiger partial charge in [0.25, 0.3) is 0 Å². The van der Waals surface area contributed by atoms with Crippen LogP contribution < -0.4 is 0 Å². The topological polar surface area (TPSA) is 237 Å². The van der Waals surface area contributed by atoms with Crippen molar-refractivity contribution in [1.82, 2.24) is 0 Å². The van der Waals surface area contributed by atoms with Gasteiger partial charge in [-0.05, 0) is 49.4 Å². The minimum absolute atomic E-state index is 0.105. The lowest BCUT2D eigenvalue weighted by Gasteiger charge is -2.21. The molecule has 0 aromatic rings. The molecule has 0 aromatic heterocycles. The smallest absolute Gasteiger partial charge is 0.462 e. The standard InChI is InChI=1S/C76H148O17P2/c1-9-69(8)55-47-39-30-24-18-12-10-11-13-19-25-31-40-48-56-73(78)86-62-71(92-75(80)58-50-42-32-26-20-14-16-22-28-36-44-52-66(2)3)64-90-94(82,83)88-60-70(77)61-89-95(84,85)91-65-72(63-87-74(79)57-49-41-35-34-38-46-54-68(6)7)93-76(81)59-51-43-33-27-21-15-17-23-29-37-45-53-67(4)5/h66-72,77H,9-65H2,1-8H3,(H,82,83)(H,84,85)/t69?,70-,71-,72-/m1/s1. The van der Waals surface area contributed by atoms with Crippen molar-refractivity contribution in [2.24, 2.45) is 23.7 Å². The molecule has 0 spiro atoms. The second kappa shape index (κ2) is 65.4. The average molecular weight is 1400 g/mol. The number of phosphoric ester groups is 2. The fourth-order valence-corrected chi connectivity index (χ4v) is 13.1. The molecule has 0 saturated carbocycles. The van der Waals surface area contributed by atoms with Gasteiger partial charge >= 0.3 is 39.5 Å². The van der Waals surface area contributed by atoms with Gasteiger partial charge in [-0.25, -0.2) is 9.13 Å². The number of unbranched alkanes of at least 4 members (excludes halogenated alkanes) is 38. The molecule has 0 aliphatic rings. The fourth-order valence-electron chi connectivity index (χ4n) is 11.5. The molecule has 0 saturated heterocycles. The lowest BCUT2D eigenvalue weighted by molar-refractivity contribution is -0.161. The van der Waals surface area contributed by atoms with Crippen LogP contribution in [0.15, 0.2) is 0 Å². The molecule has 3 N–H and O–H groups in total. The van der Waals surface area contributed by atoms with E-state index in [0.29, 0.717) is 31.6 Å². The molecule has 0 heterocycles. The van der Waals surface area contributed by atoms with Crippen LogP contribution in [-0.2, 0) is 65.4 Å². The summed E-state index contributed by atoms with van der Waals surface area (Å²) in [7, 11) is -9.91. The molecule has 3 unspecified atom stereocenters. The Labute approximate surface area is 581 Å². The maximum atomic E-state index is 13.1. The second-order valence-corrected chi connectivity index (χ2v) is 32.0. The first kappa shape index (κ1) is 93.1. The van der Waals surface area contributed by atoms with E-state index in [1.165, 1.54) is 180 Å². The summed E-state index contributed by atoms with van der Waals surface area (Å²) in [5, 5.41) is 10.6. The molecule has 0 aromatic carbocycles. The van der Waals surface area contributed by atoms with E-state index in [9.17, 15) is 43.2 Å². The molecular formula is C76H148O17P2. The maximum Gasteiger partial charge on any atom is 0.472 e. The van der Waals surface area contributed by atoms with Gasteiger partial charge in [-0.15, -0.1) is 0 Å². The third kappa shape index (κ3) is 69.0.